The normalized spacial score (nSPS) is 30.1. The minimum absolute atomic E-state index is 0.155. The van der Waals surface area contributed by atoms with Crippen LogP contribution in [0.2, 0.25) is 0 Å². The number of likely N-dealkylation sites (tertiary alicyclic amines) is 1. The summed E-state index contributed by atoms with van der Waals surface area (Å²) >= 11 is 0. The predicted molar refractivity (Wildman–Crippen MR) is 104 cm³/mol. The van der Waals surface area contributed by atoms with Gasteiger partial charge in [0.25, 0.3) is 0 Å². The van der Waals surface area contributed by atoms with Gasteiger partial charge in [0.2, 0.25) is 5.91 Å². The van der Waals surface area contributed by atoms with E-state index in [1.165, 1.54) is 11.0 Å². The quantitative estimate of drug-likeness (QED) is 0.771. The van der Waals surface area contributed by atoms with Crippen LogP contribution >= 0.6 is 0 Å². The van der Waals surface area contributed by atoms with E-state index < -0.39 is 23.2 Å². The SMILES string of the molecule is CCC1CC12OC(=O)C=C2NC(=O)C1(C)CCCN1C(=O)OCc1ccccc1. The molecule has 1 N–H and O–H groups in total. The highest BCUT2D eigenvalue weighted by atomic mass is 16.6. The van der Waals surface area contributed by atoms with Crippen molar-refractivity contribution in [2.24, 2.45) is 5.92 Å². The Kier molecular flexibility index (Phi) is 4.84. The van der Waals surface area contributed by atoms with Gasteiger partial charge < -0.3 is 14.8 Å². The van der Waals surface area contributed by atoms with E-state index in [1.807, 2.05) is 37.3 Å². The van der Waals surface area contributed by atoms with Gasteiger partial charge in [-0.15, -0.1) is 0 Å². The fourth-order valence-corrected chi connectivity index (χ4v) is 4.43. The lowest BCUT2D eigenvalue weighted by atomic mass is 9.97. The molecular formula is C22H26N2O5. The van der Waals surface area contributed by atoms with Crippen molar-refractivity contribution in [3.63, 3.8) is 0 Å². The highest BCUT2D eigenvalue weighted by molar-refractivity contribution is 5.94. The van der Waals surface area contributed by atoms with Gasteiger partial charge in [0.15, 0.2) is 5.60 Å². The first-order valence-corrected chi connectivity index (χ1v) is 10.1. The molecule has 29 heavy (non-hydrogen) atoms. The summed E-state index contributed by atoms with van der Waals surface area (Å²) in [4.78, 5) is 39.2. The minimum Gasteiger partial charge on any atom is -0.449 e. The summed E-state index contributed by atoms with van der Waals surface area (Å²) in [5.74, 6) is -0.506. The number of carbonyl (C=O) groups is 3. The summed E-state index contributed by atoms with van der Waals surface area (Å²) in [7, 11) is 0. The van der Waals surface area contributed by atoms with Crippen molar-refractivity contribution in [3.05, 3.63) is 47.7 Å². The lowest BCUT2D eigenvalue weighted by molar-refractivity contribution is -0.141. The molecule has 7 nitrogen and oxygen atoms in total. The molecule has 1 aliphatic carbocycles. The number of hydrogen-bond acceptors (Lipinski definition) is 5. The van der Waals surface area contributed by atoms with Crippen LogP contribution in [0.3, 0.4) is 0 Å². The number of carbonyl (C=O) groups excluding carboxylic acids is 3. The maximum atomic E-state index is 13.2. The van der Waals surface area contributed by atoms with Gasteiger partial charge in [0.1, 0.15) is 12.1 Å². The molecule has 0 aromatic heterocycles. The van der Waals surface area contributed by atoms with Crippen LogP contribution < -0.4 is 5.32 Å². The molecule has 1 aromatic carbocycles. The Morgan fingerprint density at radius 2 is 2.07 bits per heavy atom. The molecule has 7 heteroatoms. The largest absolute Gasteiger partial charge is 0.449 e. The molecule has 3 atom stereocenters. The van der Waals surface area contributed by atoms with E-state index in [2.05, 4.69) is 5.32 Å². The number of nitrogens with zero attached hydrogens (tertiary/aromatic N) is 1. The topological polar surface area (TPSA) is 84.9 Å². The highest BCUT2D eigenvalue weighted by Gasteiger charge is 2.63. The molecule has 0 radical (unpaired) electrons. The highest BCUT2D eigenvalue weighted by Crippen LogP contribution is 2.55. The summed E-state index contributed by atoms with van der Waals surface area (Å²) in [5, 5.41) is 2.89. The third-order valence-electron chi connectivity index (χ3n) is 6.35. The van der Waals surface area contributed by atoms with Crippen LogP contribution in [-0.4, -0.2) is 40.6 Å². The third kappa shape index (κ3) is 3.39. The molecule has 3 unspecified atom stereocenters. The average molecular weight is 398 g/mol. The fraction of sp³-hybridized carbons (Fsp3) is 0.500. The second kappa shape index (κ2) is 7.21. The summed E-state index contributed by atoms with van der Waals surface area (Å²) in [6, 6.07) is 9.42. The first-order chi connectivity index (χ1) is 13.9. The molecule has 2 heterocycles. The van der Waals surface area contributed by atoms with Gasteiger partial charge in [-0.3, -0.25) is 9.69 Å². The second-order valence-electron chi connectivity index (χ2n) is 8.20. The van der Waals surface area contributed by atoms with Gasteiger partial charge in [-0.2, -0.15) is 0 Å². The van der Waals surface area contributed by atoms with Crippen molar-refractivity contribution >= 4 is 18.0 Å². The molecule has 2 aliphatic heterocycles. The van der Waals surface area contributed by atoms with Gasteiger partial charge in [-0.1, -0.05) is 37.3 Å². The van der Waals surface area contributed by atoms with E-state index in [9.17, 15) is 14.4 Å². The number of benzene rings is 1. The molecule has 1 spiro atoms. The van der Waals surface area contributed by atoms with Gasteiger partial charge >= 0.3 is 12.1 Å². The standard InChI is InChI=1S/C22H26N2O5/c1-3-16-13-22(16)17(12-18(25)29-22)23-19(26)21(2)10-7-11-24(21)20(27)28-14-15-8-5-4-6-9-15/h4-6,8-9,12,16H,3,7,10-11,13-14H2,1-2H3,(H,23,26). The van der Waals surface area contributed by atoms with Gasteiger partial charge in [-0.25, -0.2) is 9.59 Å². The molecule has 4 rings (SSSR count). The van der Waals surface area contributed by atoms with Crippen molar-refractivity contribution in [2.75, 3.05) is 6.54 Å². The second-order valence-corrected chi connectivity index (χ2v) is 8.20. The van der Waals surface area contributed by atoms with Crippen molar-refractivity contribution in [2.45, 2.75) is 57.3 Å². The van der Waals surface area contributed by atoms with Crippen LogP contribution in [0.5, 0.6) is 0 Å². The third-order valence-corrected chi connectivity index (χ3v) is 6.35. The maximum Gasteiger partial charge on any atom is 0.410 e. The Labute approximate surface area is 170 Å². The first kappa shape index (κ1) is 19.5. The number of rotatable bonds is 5. The first-order valence-electron chi connectivity index (χ1n) is 10.1. The van der Waals surface area contributed by atoms with Crippen molar-refractivity contribution < 1.29 is 23.9 Å². The Morgan fingerprint density at radius 1 is 1.31 bits per heavy atom. The van der Waals surface area contributed by atoms with E-state index in [0.29, 0.717) is 25.1 Å². The summed E-state index contributed by atoms with van der Waals surface area (Å²) in [5.41, 5.74) is -0.308. The number of nitrogens with one attached hydrogen (secondary N) is 1. The Hall–Kier alpha value is -2.83. The molecule has 2 fully saturated rings. The summed E-state index contributed by atoms with van der Waals surface area (Å²) in [6.45, 7) is 4.39. The lowest BCUT2D eigenvalue weighted by Crippen LogP contribution is -2.56. The zero-order valence-electron chi connectivity index (χ0n) is 16.8. The van der Waals surface area contributed by atoms with Crippen LogP contribution in [0.15, 0.2) is 42.1 Å². The zero-order chi connectivity index (χ0) is 20.6. The van der Waals surface area contributed by atoms with Crippen LogP contribution in [0, 0.1) is 5.92 Å². The molecule has 154 valence electrons. The molecule has 2 amide bonds. The van der Waals surface area contributed by atoms with E-state index in [-0.39, 0.29) is 18.4 Å². The molecule has 0 bridgehead atoms. The van der Waals surface area contributed by atoms with E-state index in [0.717, 1.165) is 18.4 Å². The fourth-order valence-electron chi connectivity index (χ4n) is 4.43. The van der Waals surface area contributed by atoms with Crippen molar-refractivity contribution in [1.29, 1.82) is 0 Å². The molecule has 1 saturated heterocycles. The molecular weight excluding hydrogens is 372 g/mol. The summed E-state index contributed by atoms with van der Waals surface area (Å²) < 4.78 is 10.9. The maximum absolute atomic E-state index is 13.2. The number of esters is 1. The van der Waals surface area contributed by atoms with Gasteiger partial charge in [0.05, 0.1) is 5.70 Å². The van der Waals surface area contributed by atoms with Crippen molar-refractivity contribution in [3.8, 4) is 0 Å². The van der Waals surface area contributed by atoms with Crippen LogP contribution in [0.4, 0.5) is 4.79 Å². The molecule has 3 aliphatic rings. The van der Waals surface area contributed by atoms with Crippen molar-refractivity contribution in [1.82, 2.24) is 10.2 Å². The summed E-state index contributed by atoms with van der Waals surface area (Å²) in [6.07, 6.45) is 3.69. The Morgan fingerprint density at radius 3 is 2.76 bits per heavy atom. The number of amides is 2. The van der Waals surface area contributed by atoms with Crippen LogP contribution in [0.25, 0.3) is 0 Å². The zero-order valence-corrected chi connectivity index (χ0v) is 16.8. The van der Waals surface area contributed by atoms with Gasteiger partial charge in [-0.05, 0) is 31.7 Å². The minimum atomic E-state index is -1.03. The van der Waals surface area contributed by atoms with Crippen LogP contribution in [0.1, 0.15) is 45.1 Å². The molecule has 1 aromatic rings. The van der Waals surface area contributed by atoms with Crippen LogP contribution in [-0.2, 0) is 25.7 Å². The van der Waals surface area contributed by atoms with E-state index >= 15 is 0 Å². The van der Waals surface area contributed by atoms with Gasteiger partial charge in [0, 0.05) is 25.0 Å². The van der Waals surface area contributed by atoms with E-state index in [4.69, 9.17) is 9.47 Å². The molecule has 1 saturated carbocycles. The lowest BCUT2D eigenvalue weighted by Gasteiger charge is -2.33. The average Bonchev–Trinajstić information content (AvgIpc) is 3.12. The smallest absolute Gasteiger partial charge is 0.410 e. The predicted octanol–water partition coefficient (Wildman–Crippen LogP) is 2.90. The van der Waals surface area contributed by atoms with E-state index in [1.54, 1.807) is 6.92 Å². The number of hydrogen-bond donors (Lipinski definition) is 1. The Balaban J connectivity index is 1.43. The number of ether oxygens (including phenoxy) is 2. The monoisotopic (exact) mass is 398 g/mol. The Bertz CT molecular complexity index is 867.